The first-order chi connectivity index (χ1) is 37.7. The molecule has 1 fully saturated rings. The Labute approximate surface area is 473 Å². The highest BCUT2D eigenvalue weighted by Gasteiger charge is 2.47. The number of ether oxygens (including phenoxy) is 3. The van der Waals surface area contributed by atoms with Gasteiger partial charge in [0.1, 0.15) is 24.4 Å². The number of nitrogens with one attached hydrogen (secondary N) is 1. The molecule has 1 aliphatic heterocycles. The average Bonchev–Trinajstić information content (AvgIpc) is 3.43. The standard InChI is InChI=1S/C66H123NO10/c1-4-7-10-13-16-19-22-25-26-27-28-29-30-31-32-33-34-36-39-42-45-48-51-54-61(71)77-64-63(73)62(72)60(55-68)76-66(64)75-56-57(58(69)52-49-46-43-40-37-24-21-18-15-12-9-6-3)67-65(74)59(70)53-50-47-44-41-38-35-23-20-17-14-11-8-5-2/h16,19,25-26,49,52,57-60,62-64,66,68-70,72-73H,4-15,17-18,20-24,27-48,50-51,53-56H2,1-3H3,(H,67,74)/b19-16-,26-25-,52-49+. The zero-order valence-corrected chi connectivity index (χ0v) is 50.1. The summed E-state index contributed by atoms with van der Waals surface area (Å²) in [6.45, 7) is 5.79. The van der Waals surface area contributed by atoms with Crippen molar-refractivity contribution in [2.75, 3.05) is 13.2 Å². The predicted molar refractivity (Wildman–Crippen MR) is 320 cm³/mol. The number of unbranched alkanes of at least 4 members (excludes halogenated alkanes) is 38. The molecule has 8 unspecified atom stereocenters. The Morgan fingerprint density at radius 1 is 0.506 bits per heavy atom. The minimum Gasteiger partial charge on any atom is -0.454 e. The Morgan fingerprint density at radius 2 is 0.896 bits per heavy atom. The van der Waals surface area contributed by atoms with Gasteiger partial charge in [-0.1, -0.05) is 282 Å². The van der Waals surface area contributed by atoms with Crippen molar-refractivity contribution in [2.24, 2.45) is 0 Å². The van der Waals surface area contributed by atoms with Crippen molar-refractivity contribution in [3.05, 3.63) is 36.5 Å². The summed E-state index contributed by atoms with van der Waals surface area (Å²) in [5, 5.41) is 57.0. The molecule has 452 valence electrons. The molecule has 1 rings (SSSR count). The van der Waals surface area contributed by atoms with Gasteiger partial charge in [-0.05, 0) is 57.8 Å². The second-order valence-electron chi connectivity index (χ2n) is 22.9. The van der Waals surface area contributed by atoms with E-state index in [1.165, 1.54) is 199 Å². The van der Waals surface area contributed by atoms with Crippen molar-refractivity contribution >= 4 is 11.9 Å². The van der Waals surface area contributed by atoms with Gasteiger partial charge in [-0.3, -0.25) is 9.59 Å². The van der Waals surface area contributed by atoms with Crippen LogP contribution in [-0.2, 0) is 23.8 Å². The van der Waals surface area contributed by atoms with Crippen molar-refractivity contribution < 1.29 is 49.3 Å². The van der Waals surface area contributed by atoms with Gasteiger partial charge in [0, 0.05) is 6.42 Å². The van der Waals surface area contributed by atoms with Crippen LogP contribution in [-0.4, -0.2) is 99.6 Å². The van der Waals surface area contributed by atoms with Crippen molar-refractivity contribution in [1.29, 1.82) is 0 Å². The van der Waals surface area contributed by atoms with E-state index in [1.807, 2.05) is 6.08 Å². The van der Waals surface area contributed by atoms with E-state index in [4.69, 9.17) is 14.2 Å². The summed E-state index contributed by atoms with van der Waals surface area (Å²) >= 11 is 0. The van der Waals surface area contributed by atoms with Crippen LogP contribution in [0.25, 0.3) is 0 Å². The Kier molecular flexibility index (Phi) is 51.6. The van der Waals surface area contributed by atoms with Crippen LogP contribution in [0.5, 0.6) is 0 Å². The van der Waals surface area contributed by atoms with E-state index in [0.717, 1.165) is 64.2 Å². The van der Waals surface area contributed by atoms with E-state index in [0.29, 0.717) is 19.3 Å². The van der Waals surface area contributed by atoms with Gasteiger partial charge in [0.2, 0.25) is 5.91 Å². The first-order valence-corrected chi connectivity index (χ1v) is 32.8. The van der Waals surface area contributed by atoms with Crippen LogP contribution in [0, 0.1) is 0 Å². The molecule has 0 aromatic rings. The lowest BCUT2D eigenvalue weighted by atomic mass is 9.99. The van der Waals surface area contributed by atoms with E-state index in [-0.39, 0.29) is 13.0 Å². The highest BCUT2D eigenvalue weighted by molar-refractivity contribution is 5.80. The summed E-state index contributed by atoms with van der Waals surface area (Å²) in [5.74, 6) is -1.18. The van der Waals surface area contributed by atoms with Gasteiger partial charge in [0.15, 0.2) is 12.4 Å². The molecule has 1 saturated heterocycles. The Morgan fingerprint density at radius 3 is 1.35 bits per heavy atom. The summed E-state index contributed by atoms with van der Waals surface area (Å²) in [4.78, 5) is 26.6. The number of allylic oxidation sites excluding steroid dienone is 5. The molecule has 0 aromatic heterocycles. The fourth-order valence-corrected chi connectivity index (χ4v) is 10.3. The number of rotatable bonds is 56. The summed E-state index contributed by atoms with van der Waals surface area (Å²) in [6, 6.07) is -1.02. The third-order valence-corrected chi connectivity index (χ3v) is 15.5. The molecule has 0 aromatic carbocycles. The minimum absolute atomic E-state index is 0.126. The molecule has 0 radical (unpaired) electrons. The first-order valence-electron chi connectivity index (χ1n) is 32.8. The topological polar surface area (TPSA) is 175 Å². The fourth-order valence-electron chi connectivity index (χ4n) is 10.3. The predicted octanol–water partition coefficient (Wildman–Crippen LogP) is 15.8. The van der Waals surface area contributed by atoms with Gasteiger partial charge in [0.05, 0.1) is 25.4 Å². The Balaban J connectivity index is 2.59. The van der Waals surface area contributed by atoms with E-state index < -0.39 is 67.4 Å². The van der Waals surface area contributed by atoms with E-state index in [9.17, 15) is 35.1 Å². The van der Waals surface area contributed by atoms with Crippen LogP contribution in [0.1, 0.15) is 310 Å². The van der Waals surface area contributed by atoms with Crippen molar-refractivity contribution in [1.82, 2.24) is 5.32 Å². The summed E-state index contributed by atoms with van der Waals surface area (Å²) in [6.07, 6.45) is 54.7. The molecule has 0 bridgehead atoms. The average molecular weight is 1090 g/mol. The third kappa shape index (κ3) is 42.4. The van der Waals surface area contributed by atoms with Crippen molar-refractivity contribution in [3.8, 4) is 0 Å². The smallest absolute Gasteiger partial charge is 0.306 e. The molecule has 11 heteroatoms. The Hall–Kier alpha value is -2.12. The van der Waals surface area contributed by atoms with E-state index in [2.05, 4.69) is 50.4 Å². The molecule has 11 nitrogen and oxygen atoms in total. The highest BCUT2D eigenvalue weighted by atomic mass is 16.7. The van der Waals surface area contributed by atoms with E-state index in [1.54, 1.807) is 6.08 Å². The maximum Gasteiger partial charge on any atom is 0.306 e. The minimum atomic E-state index is -1.61. The van der Waals surface area contributed by atoms with Crippen LogP contribution in [0.3, 0.4) is 0 Å². The number of esters is 1. The zero-order valence-electron chi connectivity index (χ0n) is 50.1. The van der Waals surface area contributed by atoms with Gasteiger partial charge in [-0.25, -0.2) is 0 Å². The van der Waals surface area contributed by atoms with Gasteiger partial charge >= 0.3 is 5.97 Å². The SMILES string of the molecule is CCCCC/C=C\C/C=C\CCCCCCCCCCCCCCCC(=O)OC1C(OCC(NC(=O)C(O)CCCCCCCCCCCCCCC)C(O)/C=C/CCCCCCCCCCCC)OC(CO)C(O)C1O. The molecular weight excluding hydrogens is 967 g/mol. The second-order valence-corrected chi connectivity index (χ2v) is 22.9. The molecule has 1 heterocycles. The largest absolute Gasteiger partial charge is 0.454 e. The van der Waals surface area contributed by atoms with Crippen LogP contribution in [0.15, 0.2) is 36.5 Å². The van der Waals surface area contributed by atoms with Gasteiger partial charge in [-0.2, -0.15) is 0 Å². The molecule has 77 heavy (non-hydrogen) atoms. The zero-order chi connectivity index (χ0) is 56.1. The van der Waals surface area contributed by atoms with Gasteiger partial charge < -0.3 is 45.1 Å². The molecule has 0 saturated carbocycles. The maximum atomic E-state index is 13.4. The number of carbonyl (C=O) groups is 2. The van der Waals surface area contributed by atoms with Crippen LogP contribution < -0.4 is 5.32 Å². The monoisotopic (exact) mass is 1090 g/mol. The number of carbonyl (C=O) groups excluding carboxylic acids is 2. The highest BCUT2D eigenvalue weighted by Crippen LogP contribution is 2.26. The lowest BCUT2D eigenvalue weighted by molar-refractivity contribution is -0.305. The van der Waals surface area contributed by atoms with Crippen molar-refractivity contribution in [2.45, 2.75) is 359 Å². The molecule has 6 N–H and O–H groups in total. The van der Waals surface area contributed by atoms with Crippen LogP contribution in [0.2, 0.25) is 0 Å². The quantitative estimate of drug-likeness (QED) is 0.0195. The lowest BCUT2D eigenvalue weighted by Crippen LogP contribution is -2.61. The lowest BCUT2D eigenvalue weighted by Gasteiger charge is -2.41. The van der Waals surface area contributed by atoms with Crippen LogP contribution in [0.4, 0.5) is 0 Å². The summed E-state index contributed by atoms with van der Waals surface area (Å²) < 4.78 is 17.7. The normalized spacial score (nSPS) is 19.2. The molecule has 0 aliphatic carbocycles. The Bertz CT molecular complexity index is 1390. The van der Waals surface area contributed by atoms with Gasteiger partial charge in [-0.15, -0.1) is 0 Å². The van der Waals surface area contributed by atoms with E-state index >= 15 is 0 Å². The molecular formula is C66H123NO10. The molecule has 0 spiro atoms. The number of aliphatic hydroxyl groups excluding tert-OH is 5. The number of hydrogen-bond donors (Lipinski definition) is 6. The second kappa shape index (κ2) is 54.5. The van der Waals surface area contributed by atoms with Crippen LogP contribution >= 0.6 is 0 Å². The number of aliphatic hydroxyl groups is 5. The molecule has 8 atom stereocenters. The first kappa shape index (κ1) is 72.9. The molecule has 1 aliphatic rings. The third-order valence-electron chi connectivity index (χ3n) is 15.5. The summed E-state index contributed by atoms with van der Waals surface area (Å²) in [7, 11) is 0. The van der Waals surface area contributed by atoms with Gasteiger partial charge in [0.25, 0.3) is 0 Å². The number of hydrogen-bond acceptors (Lipinski definition) is 10. The molecule has 1 amide bonds. The fraction of sp³-hybridized carbons (Fsp3) is 0.879. The van der Waals surface area contributed by atoms with Crippen molar-refractivity contribution in [3.63, 3.8) is 0 Å². The summed E-state index contributed by atoms with van der Waals surface area (Å²) in [5.41, 5.74) is 0. The number of amides is 1. The maximum absolute atomic E-state index is 13.4.